The quantitative estimate of drug-likeness (QED) is 0.695. The molecular formula is C18H17N3O2. The molecule has 2 aromatic carbocycles. The summed E-state index contributed by atoms with van der Waals surface area (Å²) in [7, 11) is 1.59. The molecule has 0 aliphatic heterocycles. The SMILES string of the molecule is CNC(=O)c1ccc(NC(=O)c2cccc3cc[nH]c23)c(C)c1. The van der Waals surface area contributed by atoms with E-state index in [2.05, 4.69) is 15.6 Å². The van der Waals surface area contributed by atoms with Crippen LogP contribution in [0.1, 0.15) is 26.3 Å². The van der Waals surface area contributed by atoms with E-state index in [4.69, 9.17) is 0 Å². The Morgan fingerprint density at radius 2 is 1.87 bits per heavy atom. The molecule has 0 atom stereocenters. The summed E-state index contributed by atoms with van der Waals surface area (Å²) in [6, 6.07) is 12.7. The molecule has 0 saturated heterocycles. The zero-order chi connectivity index (χ0) is 16.4. The predicted octanol–water partition coefficient (Wildman–Crippen LogP) is 3.09. The topological polar surface area (TPSA) is 74.0 Å². The molecule has 0 saturated carbocycles. The summed E-state index contributed by atoms with van der Waals surface area (Å²) < 4.78 is 0. The minimum absolute atomic E-state index is 0.151. The number of aryl methyl sites for hydroxylation is 1. The maximum atomic E-state index is 12.5. The molecule has 0 bridgehead atoms. The Labute approximate surface area is 133 Å². The molecule has 23 heavy (non-hydrogen) atoms. The summed E-state index contributed by atoms with van der Waals surface area (Å²) in [6.07, 6.45) is 1.81. The lowest BCUT2D eigenvalue weighted by Gasteiger charge is -2.10. The van der Waals surface area contributed by atoms with E-state index in [1.807, 2.05) is 31.3 Å². The number of hydrogen-bond acceptors (Lipinski definition) is 2. The molecule has 1 aromatic heterocycles. The summed E-state index contributed by atoms with van der Waals surface area (Å²) in [5, 5.41) is 6.47. The number of benzene rings is 2. The molecule has 0 spiro atoms. The van der Waals surface area contributed by atoms with Crippen LogP contribution in [0.25, 0.3) is 10.9 Å². The number of aromatic nitrogens is 1. The Bertz CT molecular complexity index is 896. The summed E-state index contributed by atoms with van der Waals surface area (Å²) in [4.78, 5) is 27.3. The Morgan fingerprint density at radius 1 is 1.04 bits per heavy atom. The summed E-state index contributed by atoms with van der Waals surface area (Å²) >= 11 is 0. The highest BCUT2D eigenvalue weighted by atomic mass is 16.2. The van der Waals surface area contributed by atoms with E-state index in [0.29, 0.717) is 16.8 Å². The first-order chi connectivity index (χ1) is 11.1. The highest BCUT2D eigenvalue weighted by Gasteiger charge is 2.13. The van der Waals surface area contributed by atoms with Gasteiger partial charge in [-0.1, -0.05) is 12.1 Å². The average Bonchev–Trinajstić information content (AvgIpc) is 3.04. The molecule has 3 N–H and O–H groups in total. The number of amides is 2. The van der Waals surface area contributed by atoms with Gasteiger partial charge in [0.25, 0.3) is 11.8 Å². The van der Waals surface area contributed by atoms with Crippen LogP contribution in [0.4, 0.5) is 5.69 Å². The minimum Gasteiger partial charge on any atom is -0.361 e. The van der Waals surface area contributed by atoms with Crippen molar-refractivity contribution in [3.8, 4) is 0 Å². The van der Waals surface area contributed by atoms with Gasteiger partial charge in [-0.3, -0.25) is 9.59 Å². The fourth-order valence-electron chi connectivity index (χ4n) is 2.55. The van der Waals surface area contributed by atoms with Gasteiger partial charge >= 0.3 is 0 Å². The summed E-state index contributed by atoms with van der Waals surface area (Å²) in [5.41, 5.74) is 3.48. The van der Waals surface area contributed by atoms with E-state index >= 15 is 0 Å². The Balaban J connectivity index is 1.88. The molecule has 5 nitrogen and oxygen atoms in total. The lowest BCUT2D eigenvalue weighted by molar-refractivity contribution is 0.0962. The van der Waals surface area contributed by atoms with Gasteiger partial charge in [0.15, 0.2) is 0 Å². The fourth-order valence-corrected chi connectivity index (χ4v) is 2.55. The standard InChI is InChI=1S/C18H17N3O2/c1-11-10-13(17(22)19-2)6-7-15(11)21-18(23)14-5-3-4-12-8-9-20-16(12)14/h3-10,20H,1-2H3,(H,19,22)(H,21,23). The zero-order valence-corrected chi connectivity index (χ0v) is 12.9. The largest absolute Gasteiger partial charge is 0.361 e. The van der Waals surface area contributed by atoms with Gasteiger partial charge in [-0.2, -0.15) is 0 Å². The third-order valence-electron chi connectivity index (χ3n) is 3.80. The van der Waals surface area contributed by atoms with Crippen molar-refractivity contribution in [2.45, 2.75) is 6.92 Å². The molecule has 3 rings (SSSR count). The smallest absolute Gasteiger partial charge is 0.257 e. The molecule has 0 radical (unpaired) electrons. The number of carbonyl (C=O) groups excluding carboxylic acids is 2. The number of nitrogens with one attached hydrogen (secondary N) is 3. The third kappa shape index (κ3) is 2.81. The molecule has 116 valence electrons. The molecule has 0 aliphatic carbocycles. The van der Waals surface area contributed by atoms with Crippen LogP contribution in [0.2, 0.25) is 0 Å². The van der Waals surface area contributed by atoms with Crippen molar-refractivity contribution in [3.63, 3.8) is 0 Å². The van der Waals surface area contributed by atoms with Crippen molar-refractivity contribution in [2.75, 3.05) is 12.4 Å². The number of anilines is 1. The van der Waals surface area contributed by atoms with E-state index in [1.165, 1.54) is 0 Å². The van der Waals surface area contributed by atoms with Gasteiger partial charge in [0.2, 0.25) is 0 Å². The van der Waals surface area contributed by atoms with Gasteiger partial charge in [0.1, 0.15) is 0 Å². The van der Waals surface area contributed by atoms with Gasteiger partial charge in [-0.15, -0.1) is 0 Å². The molecule has 1 heterocycles. The van der Waals surface area contributed by atoms with E-state index in [-0.39, 0.29) is 11.8 Å². The van der Waals surface area contributed by atoms with Gasteiger partial charge in [-0.25, -0.2) is 0 Å². The molecule has 0 fully saturated rings. The van der Waals surface area contributed by atoms with Crippen LogP contribution in [0.15, 0.2) is 48.7 Å². The summed E-state index contributed by atoms with van der Waals surface area (Å²) in [5.74, 6) is -0.337. The maximum Gasteiger partial charge on any atom is 0.257 e. The minimum atomic E-state index is -0.186. The van der Waals surface area contributed by atoms with Crippen LogP contribution >= 0.6 is 0 Å². The Kier molecular flexibility index (Phi) is 3.85. The number of hydrogen-bond donors (Lipinski definition) is 3. The number of rotatable bonds is 3. The van der Waals surface area contributed by atoms with E-state index in [1.54, 1.807) is 31.3 Å². The van der Waals surface area contributed by atoms with Crippen LogP contribution in [0, 0.1) is 6.92 Å². The average molecular weight is 307 g/mol. The molecule has 5 heteroatoms. The van der Waals surface area contributed by atoms with Crippen LogP contribution in [0.5, 0.6) is 0 Å². The number of carbonyl (C=O) groups is 2. The van der Waals surface area contributed by atoms with Crippen LogP contribution < -0.4 is 10.6 Å². The van der Waals surface area contributed by atoms with E-state index in [0.717, 1.165) is 16.5 Å². The monoisotopic (exact) mass is 307 g/mol. The fraction of sp³-hybridized carbons (Fsp3) is 0.111. The van der Waals surface area contributed by atoms with Crippen molar-refractivity contribution in [2.24, 2.45) is 0 Å². The molecule has 0 unspecified atom stereocenters. The van der Waals surface area contributed by atoms with Gasteiger partial charge in [-0.05, 0) is 42.8 Å². The van der Waals surface area contributed by atoms with E-state index < -0.39 is 0 Å². The van der Waals surface area contributed by atoms with Gasteiger partial charge < -0.3 is 15.6 Å². The predicted molar refractivity (Wildman–Crippen MR) is 90.8 cm³/mol. The maximum absolute atomic E-state index is 12.5. The first-order valence-corrected chi connectivity index (χ1v) is 7.30. The van der Waals surface area contributed by atoms with Crippen LogP contribution in [-0.2, 0) is 0 Å². The van der Waals surface area contributed by atoms with Crippen LogP contribution in [-0.4, -0.2) is 23.8 Å². The van der Waals surface area contributed by atoms with Crippen molar-refractivity contribution in [1.82, 2.24) is 10.3 Å². The second-order valence-corrected chi connectivity index (χ2v) is 5.31. The zero-order valence-electron chi connectivity index (χ0n) is 12.9. The van der Waals surface area contributed by atoms with Crippen molar-refractivity contribution in [1.29, 1.82) is 0 Å². The molecule has 2 amide bonds. The second kappa shape index (κ2) is 5.96. The van der Waals surface area contributed by atoms with E-state index in [9.17, 15) is 9.59 Å². The van der Waals surface area contributed by atoms with Crippen LogP contribution in [0.3, 0.4) is 0 Å². The molecular weight excluding hydrogens is 290 g/mol. The number of para-hydroxylation sites is 1. The first kappa shape index (κ1) is 14.8. The summed E-state index contributed by atoms with van der Waals surface area (Å²) in [6.45, 7) is 1.86. The highest BCUT2D eigenvalue weighted by Crippen LogP contribution is 2.21. The number of aromatic amines is 1. The number of fused-ring (bicyclic) bond motifs is 1. The molecule has 3 aromatic rings. The van der Waals surface area contributed by atoms with Crippen molar-refractivity contribution < 1.29 is 9.59 Å². The Morgan fingerprint density at radius 3 is 2.61 bits per heavy atom. The third-order valence-corrected chi connectivity index (χ3v) is 3.80. The Hall–Kier alpha value is -3.08. The van der Waals surface area contributed by atoms with Crippen molar-refractivity contribution >= 4 is 28.4 Å². The first-order valence-electron chi connectivity index (χ1n) is 7.30. The lowest BCUT2D eigenvalue weighted by atomic mass is 10.1. The normalized spacial score (nSPS) is 10.5. The highest BCUT2D eigenvalue weighted by molar-refractivity contribution is 6.12. The van der Waals surface area contributed by atoms with Crippen molar-refractivity contribution in [3.05, 3.63) is 65.4 Å². The number of H-pyrrole nitrogens is 1. The van der Waals surface area contributed by atoms with Gasteiger partial charge in [0, 0.05) is 29.9 Å². The second-order valence-electron chi connectivity index (χ2n) is 5.31. The molecule has 0 aliphatic rings. The lowest BCUT2D eigenvalue weighted by Crippen LogP contribution is -2.18. The van der Waals surface area contributed by atoms with Gasteiger partial charge in [0.05, 0.1) is 11.1 Å².